The van der Waals surface area contributed by atoms with Gasteiger partial charge in [-0.1, -0.05) is 31.9 Å². The quantitative estimate of drug-likeness (QED) is 0.910. The van der Waals surface area contributed by atoms with Gasteiger partial charge in [-0.05, 0) is 37.0 Å². The molecule has 2 N–H and O–H groups in total. The lowest BCUT2D eigenvalue weighted by Gasteiger charge is -2.27. The van der Waals surface area contributed by atoms with Gasteiger partial charge in [-0.15, -0.1) is 0 Å². The van der Waals surface area contributed by atoms with Gasteiger partial charge in [-0.2, -0.15) is 5.10 Å². The average molecular weight is 298 g/mol. The molecule has 1 heterocycles. The molecule has 5 nitrogen and oxygen atoms in total. The van der Waals surface area contributed by atoms with Crippen LogP contribution < -0.4 is 10.6 Å². The summed E-state index contributed by atoms with van der Waals surface area (Å²) >= 11 is 0. The third-order valence-corrected chi connectivity index (χ3v) is 4.18. The van der Waals surface area contributed by atoms with Crippen molar-refractivity contribution in [3.05, 3.63) is 42.7 Å². The van der Waals surface area contributed by atoms with E-state index < -0.39 is 0 Å². The second-order valence-corrected chi connectivity index (χ2v) is 6.03. The molecule has 2 atom stereocenters. The summed E-state index contributed by atoms with van der Waals surface area (Å²) in [7, 11) is 0. The van der Waals surface area contributed by atoms with Crippen molar-refractivity contribution < 1.29 is 4.79 Å². The zero-order valence-electron chi connectivity index (χ0n) is 12.8. The molecule has 0 spiro atoms. The van der Waals surface area contributed by atoms with Gasteiger partial charge in [-0.3, -0.25) is 0 Å². The maximum absolute atomic E-state index is 12.3. The molecule has 116 valence electrons. The highest BCUT2D eigenvalue weighted by Crippen LogP contribution is 2.24. The number of rotatable bonds is 3. The van der Waals surface area contributed by atoms with Crippen molar-refractivity contribution in [2.24, 2.45) is 5.92 Å². The Labute approximate surface area is 130 Å². The molecule has 3 rings (SSSR count). The molecule has 1 fully saturated rings. The number of benzene rings is 1. The van der Waals surface area contributed by atoms with Crippen molar-refractivity contribution in [2.75, 3.05) is 5.32 Å². The van der Waals surface area contributed by atoms with E-state index in [1.807, 2.05) is 36.5 Å². The van der Waals surface area contributed by atoms with Crippen LogP contribution in [0.25, 0.3) is 5.69 Å². The minimum atomic E-state index is -0.140. The van der Waals surface area contributed by atoms with Gasteiger partial charge in [0.05, 0.1) is 11.4 Å². The lowest BCUT2D eigenvalue weighted by Crippen LogP contribution is -2.40. The number of hydrogen-bond donors (Lipinski definition) is 2. The Morgan fingerprint density at radius 1 is 1.27 bits per heavy atom. The van der Waals surface area contributed by atoms with Crippen molar-refractivity contribution in [2.45, 2.75) is 38.6 Å². The predicted octanol–water partition coefficient (Wildman–Crippen LogP) is 3.57. The van der Waals surface area contributed by atoms with E-state index in [0.29, 0.717) is 5.92 Å². The number of carbonyl (C=O) groups is 1. The van der Waals surface area contributed by atoms with E-state index in [2.05, 4.69) is 22.7 Å². The fourth-order valence-electron chi connectivity index (χ4n) is 3.10. The van der Waals surface area contributed by atoms with E-state index in [9.17, 15) is 4.79 Å². The lowest BCUT2D eigenvalue weighted by molar-refractivity contribution is 0.238. The van der Waals surface area contributed by atoms with Crippen LogP contribution in [0.15, 0.2) is 42.7 Å². The predicted molar refractivity (Wildman–Crippen MR) is 87.1 cm³/mol. The molecule has 1 aliphatic carbocycles. The van der Waals surface area contributed by atoms with Crippen LogP contribution in [0, 0.1) is 5.92 Å². The number of urea groups is 1. The molecule has 22 heavy (non-hydrogen) atoms. The molecule has 0 saturated heterocycles. The molecule has 5 heteroatoms. The van der Waals surface area contributed by atoms with Gasteiger partial charge in [-0.25, -0.2) is 9.48 Å². The van der Waals surface area contributed by atoms with E-state index in [0.717, 1.165) is 24.2 Å². The van der Waals surface area contributed by atoms with Crippen LogP contribution in [-0.4, -0.2) is 21.9 Å². The fraction of sp³-hybridized carbons (Fsp3) is 0.412. The number of para-hydroxylation sites is 2. The van der Waals surface area contributed by atoms with Gasteiger partial charge in [0.25, 0.3) is 0 Å². The highest BCUT2D eigenvalue weighted by atomic mass is 16.2. The third-order valence-electron chi connectivity index (χ3n) is 4.18. The summed E-state index contributed by atoms with van der Waals surface area (Å²) < 4.78 is 1.75. The van der Waals surface area contributed by atoms with Gasteiger partial charge >= 0.3 is 6.03 Å². The Bertz CT molecular complexity index is 623. The van der Waals surface area contributed by atoms with E-state index >= 15 is 0 Å². The van der Waals surface area contributed by atoms with E-state index in [1.54, 1.807) is 10.9 Å². The summed E-state index contributed by atoms with van der Waals surface area (Å²) in [5, 5.41) is 10.3. The number of hydrogen-bond acceptors (Lipinski definition) is 2. The fourth-order valence-corrected chi connectivity index (χ4v) is 3.10. The smallest absolute Gasteiger partial charge is 0.319 e. The molecule has 2 aromatic rings. The Hall–Kier alpha value is -2.30. The number of aromatic nitrogens is 2. The van der Waals surface area contributed by atoms with Crippen molar-refractivity contribution in [3.63, 3.8) is 0 Å². The first-order valence-corrected chi connectivity index (χ1v) is 7.89. The number of carbonyl (C=O) groups excluding carboxylic acids is 1. The molecule has 1 aliphatic rings. The van der Waals surface area contributed by atoms with Crippen LogP contribution in [0.1, 0.15) is 32.6 Å². The molecule has 0 aliphatic heterocycles. The molecule has 0 unspecified atom stereocenters. The van der Waals surface area contributed by atoms with Gasteiger partial charge < -0.3 is 10.6 Å². The van der Waals surface area contributed by atoms with E-state index in [4.69, 9.17) is 0 Å². The maximum Gasteiger partial charge on any atom is 0.319 e. The Balaban J connectivity index is 1.67. The van der Waals surface area contributed by atoms with Gasteiger partial charge in [0.2, 0.25) is 0 Å². The first kappa shape index (κ1) is 14.6. The van der Waals surface area contributed by atoms with Crippen LogP contribution >= 0.6 is 0 Å². The summed E-state index contributed by atoms with van der Waals surface area (Å²) in [6.45, 7) is 2.25. The number of nitrogens with zero attached hydrogens (tertiary/aromatic N) is 2. The van der Waals surface area contributed by atoms with Crippen molar-refractivity contribution in [3.8, 4) is 5.69 Å². The van der Waals surface area contributed by atoms with Crippen LogP contribution in [-0.2, 0) is 0 Å². The number of anilines is 1. The Kier molecular flexibility index (Phi) is 4.42. The minimum Gasteiger partial charge on any atom is -0.335 e. The average Bonchev–Trinajstić information content (AvgIpc) is 3.02. The molecule has 0 radical (unpaired) electrons. The van der Waals surface area contributed by atoms with Crippen LogP contribution in [0.3, 0.4) is 0 Å². The minimum absolute atomic E-state index is 0.140. The molecule has 1 aromatic carbocycles. The summed E-state index contributed by atoms with van der Waals surface area (Å²) in [6, 6.07) is 9.67. The van der Waals surface area contributed by atoms with Gasteiger partial charge in [0, 0.05) is 18.4 Å². The van der Waals surface area contributed by atoms with Crippen molar-refractivity contribution >= 4 is 11.7 Å². The normalized spacial score (nSPS) is 21.3. The summed E-state index contributed by atoms with van der Waals surface area (Å²) in [4.78, 5) is 12.3. The second kappa shape index (κ2) is 6.64. The highest BCUT2D eigenvalue weighted by Gasteiger charge is 2.20. The van der Waals surface area contributed by atoms with Crippen LogP contribution in [0.5, 0.6) is 0 Å². The summed E-state index contributed by atoms with van der Waals surface area (Å²) in [5.74, 6) is 0.690. The first-order valence-electron chi connectivity index (χ1n) is 7.89. The second-order valence-electron chi connectivity index (χ2n) is 6.03. The number of amides is 2. The zero-order chi connectivity index (χ0) is 15.4. The SMILES string of the molecule is C[C@H]1CCC[C@H](NC(=O)Nc2ccccc2-n2cccn2)C1. The van der Waals surface area contributed by atoms with Crippen LogP contribution in [0.4, 0.5) is 10.5 Å². The Morgan fingerprint density at radius 2 is 2.14 bits per heavy atom. The van der Waals surface area contributed by atoms with Crippen molar-refractivity contribution in [1.82, 2.24) is 15.1 Å². The molecule has 2 amide bonds. The monoisotopic (exact) mass is 298 g/mol. The van der Waals surface area contributed by atoms with Crippen LogP contribution in [0.2, 0.25) is 0 Å². The topological polar surface area (TPSA) is 59.0 Å². The van der Waals surface area contributed by atoms with Gasteiger partial charge in [0.15, 0.2) is 0 Å². The molecule has 1 aromatic heterocycles. The molecule has 1 saturated carbocycles. The first-order chi connectivity index (χ1) is 10.7. The summed E-state index contributed by atoms with van der Waals surface area (Å²) in [6.07, 6.45) is 8.17. The molecular weight excluding hydrogens is 276 g/mol. The van der Waals surface area contributed by atoms with Gasteiger partial charge in [0.1, 0.15) is 0 Å². The number of nitrogens with one attached hydrogen (secondary N) is 2. The van der Waals surface area contributed by atoms with E-state index in [1.165, 1.54) is 12.8 Å². The van der Waals surface area contributed by atoms with Crippen molar-refractivity contribution in [1.29, 1.82) is 0 Å². The largest absolute Gasteiger partial charge is 0.335 e. The maximum atomic E-state index is 12.3. The standard InChI is InChI=1S/C17H22N4O/c1-13-6-4-7-14(12-13)19-17(22)20-15-8-2-3-9-16(15)21-11-5-10-18-21/h2-3,5,8-11,13-14H,4,6-7,12H2,1H3,(H2,19,20,22)/t13-,14-/m0/s1. The summed E-state index contributed by atoms with van der Waals surface area (Å²) in [5.41, 5.74) is 1.62. The highest BCUT2D eigenvalue weighted by molar-refractivity contribution is 5.91. The zero-order valence-corrected chi connectivity index (χ0v) is 12.8. The molecule has 0 bridgehead atoms. The third kappa shape index (κ3) is 3.47. The van der Waals surface area contributed by atoms with E-state index in [-0.39, 0.29) is 12.1 Å². The molecular formula is C17H22N4O. The lowest BCUT2D eigenvalue weighted by atomic mass is 9.87. The Morgan fingerprint density at radius 3 is 2.91 bits per heavy atom.